The standard InChI is InChI=1S/C23H29Cl3N4O.2ClH/c1-2-3-15-31-21-8-7-19-23(29-21)22(18-6-5-17(26)16-20(18)28-19)27-11-4-12-30(13-9-24)14-10-25;;/h5-8,16H,2-4,9-15H2,1H3,(H,27,28);2*1H. The second kappa shape index (κ2) is 15.9. The molecular formula is C23H31Cl5N4O. The first kappa shape index (κ1) is 30.1. The summed E-state index contributed by atoms with van der Waals surface area (Å²) in [4.78, 5) is 11.8. The summed E-state index contributed by atoms with van der Waals surface area (Å²) in [5.41, 5.74) is 3.42. The zero-order chi connectivity index (χ0) is 22.1. The number of fused-ring (bicyclic) bond motifs is 2. The number of pyridine rings is 2. The summed E-state index contributed by atoms with van der Waals surface area (Å²) in [7, 11) is 0. The molecule has 0 aliphatic heterocycles. The molecule has 2 heterocycles. The van der Waals surface area contributed by atoms with Gasteiger partial charge in [-0.2, -0.15) is 0 Å². The van der Waals surface area contributed by atoms with Crippen LogP contribution in [-0.2, 0) is 0 Å². The van der Waals surface area contributed by atoms with Crippen LogP contribution >= 0.6 is 59.6 Å². The fourth-order valence-corrected chi connectivity index (χ4v) is 4.09. The highest BCUT2D eigenvalue weighted by molar-refractivity contribution is 6.31. The molecule has 0 saturated heterocycles. The summed E-state index contributed by atoms with van der Waals surface area (Å²) in [5.74, 6) is 1.83. The molecule has 0 spiro atoms. The zero-order valence-corrected chi connectivity index (χ0v) is 22.6. The summed E-state index contributed by atoms with van der Waals surface area (Å²) in [6.07, 6.45) is 3.04. The average molecular weight is 557 g/mol. The number of alkyl halides is 2. The van der Waals surface area contributed by atoms with Gasteiger partial charge in [-0.1, -0.05) is 24.9 Å². The van der Waals surface area contributed by atoms with Crippen LogP contribution in [0.3, 0.4) is 0 Å². The molecule has 10 heteroatoms. The van der Waals surface area contributed by atoms with Crippen molar-refractivity contribution in [3.05, 3.63) is 35.4 Å². The maximum absolute atomic E-state index is 6.22. The molecule has 0 atom stereocenters. The SMILES string of the molecule is CCCCOc1ccc2nc3cc(Cl)ccc3c(NCCCN(CCCl)CCCl)c2n1.Cl.Cl. The van der Waals surface area contributed by atoms with Crippen molar-refractivity contribution in [2.75, 3.05) is 49.9 Å². The van der Waals surface area contributed by atoms with Gasteiger partial charge in [0.15, 0.2) is 0 Å². The van der Waals surface area contributed by atoms with Crippen LogP contribution in [0.1, 0.15) is 26.2 Å². The fraction of sp³-hybridized carbons (Fsp3) is 0.478. The van der Waals surface area contributed by atoms with Gasteiger partial charge in [-0.25, -0.2) is 9.97 Å². The van der Waals surface area contributed by atoms with Crippen LogP contribution in [0, 0.1) is 0 Å². The Balaban J connectivity index is 0.00000272. The van der Waals surface area contributed by atoms with E-state index in [1.807, 2.05) is 30.3 Å². The van der Waals surface area contributed by atoms with Crippen molar-refractivity contribution in [3.63, 3.8) is 0 Å². The van der Waals surface area contributed by atoms with Crippen molar-refractivity contribution in [3.8, 4) is 5.88 Å². The minimum absolute atomic E-state index is 0. The van der Waals surface area contributed by atoms with Crippen LogP contribution < -0.4 is 10.1 Å². The summed E-state index contributed by atoms with van der Waals surface area (Å²) < 4.78 is 5.83. The van der Waals surface area contributed by atoms with E-state index in [0.29, 0.717) is 29.3 Å². The number of ether oxygens (including phenoxy) is 1. The number of hydrogen-bond acceptors (Lipinski definition) is 5. The molecule has 184 valence electrons. The summed E-state index contributed by atoms with van der Waals surface area (Å²) in [6.45, 7) is 6.20. The Hall–Kier alpha value is -0.950. The number of anilines is 1. The van der Waals surface area contributed by atoms with Crippen LogP contribution in [0.5, 0.6) is 5.88 Å². The number of nitrogens with zero attached hydrogens (tertiary/aromatic N) is 3. The van der Waals surface area contributed by atoms with Crippen LogP contribution in [-0.4, -0.2) is 59.4 Å². The van der Waals surface area contributed by atoms with Crippen molar-refractivity contribution in [2.24, 2.45) is 0 Å². The predicted octanol–water partition coefficient (Wildman–Crippen LogP) is 7.04. The number of benzene rings is 1. The van der Waals surface area contributed by atoms with E-state index in [0.717, 1.165) is 73.1 Å². The van der Waals surface area contributed by atoms with Crippen molar-refractivity contribution in [2.45, 2.75) is 26.2 Å². The first-order valence-electron chi connectivity index (χ1n) is 10.8. The van der Waals surface area contributed by atoms with Crippen molar-refractivity contribution >= 4 is 87.2 Å². The van der Waals surface area contributed by atoms with Gasteiger partial charge >= 0.3 is 0 Å². The lowest BCUT2D eigenvalue weighted by Crippen LogP contribution is -2.30. The molecule has 0 aliphatic carbocycles. The first-order valence-corrected chi connectivity index (χ1v) is 12.2. The Morgan fingerprint density at radius 3 is 2.39 bits per heavy atom. The van der Waals surface area contributed by atoms with Crippen molar-refractivity contribution in [1.29, 1.82) is 0 Å². The molecule has 2 aromatic heterocycles. The molecule has 0 fully saturated rings. The molecule has 1 N–H and O–H groups in total. The molecule has 0 radical (unpaired) electrons. The fourth-order valence-electron chi connectivity index (χ4n) is 3.45. The van der Waals surface area contributed by atoms with E-state index >= 15 is 0 Å². The third kappa shape index (κ3) is 8.65. The summed E-state index contributed by atoms with van der Waals surface area (Å²) >= 11 is 18.0. The first-order chi connectivity index (χ1) is 15.2. The Labute approximate surface area is 223 Å². The van der Waals surface area contributed by atoms with Gasteiger partial charge in [0.25, 0.3) is 0 Å². The number of nitrogens with one attached hydrogen (secondary N) is 1. The molecule has 5 nitrogen and oxygen atoms in total. The predicted molar refractivity (Wildman–Crippen MR) is 148 cm³/mol. The molecule has 1 aromatic carbocycles. The van der Waals surface area contributed by atoms with Gasteiger partial charge in [-0.05, 0) is 43.7 Å². The van der Waals surface area contributed by atoms with E-state index in [-0.39, 0.29) is 24.8 Å². The molecule has 0 aliphatic rings. The topological polar surface area (TPSA) is 50.3 Å². The lowest BCUT2D eigenvalue weighted by atomic mass is 10.1. The molecule has 0 bridgehead atoms. The molecule has 0 saturated carbocycles. The van der Waals surface area contributed by atoms with Gasteiger partial charge in [-0.3, -0.25) is 0 Å². The minimum Gasteiger partial charge on any atom is -0.478 e. The minimum atomic E-state index is 0. The van der Waals surface area contributed by atoms with E-state index in [4.69, 9.17) is 49.5 Å². The smallest absolute Gasteiger partial charge is 0.213 e. The highest BCUT2D eigenvalue weighted by Crippen LogP contribution is 2.32. The van der Waals surface area contributed by atoms with E-state index in [9.17, 15) is 0 Å². The molecule has 3 rings (SSSR count). The lowest BCUT2D eigenvalue weighted by Gasteiger charge is -2.20. The van der Waals surface area contributed by atoms with E-state index < -0.39 is 0 Å². The van der Waals surface area contributed by atoms with E-state index in [1.165, 1.54) is 0 Å². The van der Waals surface area contributed by atoms with Gasteiger partial charge in [0.05, 0.1) is 23.3 Å². The second-order valence-electron chi connectivity index (χ2n) is 7.37. The van der Waals surface area contributed by atoms with Crippen molar-refractivity contribution in [1.82, 2.24) is 14.9 Å². The number of unbranched alkanes of at least 4 members (excludes halogenated alkanes) is 1. The summed E-state index contributed by atoms with van der Waals surface area (Å²) in [5, 5.41) is 5.25. The van der Waals surface area contributed by atoms with Crippen LogP contribution in [0.2, 0.25) is 5.02 Å². The Bertz CT molecular complexity index is 986. The molecule has 3 aromatic rings. The average Bonchev–Trinajstić information content (AvgIpc) is 2.76. The number of halogens is 5. The van der Waals surface area contributed by atoms with Crippen LogP contribution in [0.15, 0.2) is 30.3 Å². The van der Waals surface area contributed by atoms with Gasteiger partial charge in [-0.15, -0.1) is 48.0 Å². The Morgan fingerprint density at radius 1 is 0.939 bits per heavy atom. The van der Waals surface area contributed by atoms with Gasteiger partial charge in [0, 0.05) is 47.9 Å². The molecule has 0 amide bonds. The van der Waals surface area contributed by atoms with Gasteiger partial charge < -0.3 is 15.0 Å². The van der Waals surface area contributed by atoms with Crippen molar-refractivity contribution < 1.29 is 4.74 Å². The maximum atomic E-state index is 6.22. The Kier molecular flexibility index (Phi) is 14.5. The maximum Gasteiger partial charge on any atom is 0.213 e. The highest BCUT2D eigenvalue weighted by Gasteiger charge is 2.13. The lowest BCUT2D eigenvalue weighted by molar-refractivity contribution is 0.299. The third-order valence-electron chi connectivity index (χ3n) is 5.06. The number of rotatable bonds is 13. The van der Waals surface area contributed by atoms with Gasteiger partial charge in [0.1, 0.15) is 5.52 Å². The third-order valence-corrected chi connectivity index (χ3v) is 5.63. The molecule has 0 unspecified atom stereocenters. The quantitative estimate of drug-likeness (QED) is 0.139. The van der Waals surface area contributed by atoms with E-state index in [1.54, 1.807) is 0 Å². The number of aromatic nitrogens is 2. The molecular weight excluding hydrogens is 526 g/mol. The van der Waals surface area contributed by atoms with E-state index in [2.05, 4.69) is 17.1 Å². The Morgan fingerprint density at radius 2 is 1.70 bits per heavy atom. The normalized spacial score (nSPS) is 10.8. The van der Waals surface area contributed by atoms with Crippen LogP contribution in [0.25, 0.3) is 21.9 Å². The van der Waals surface area contributed by atoms with Crippen LogP contribution in [0.4, 0.5) is 5.69 Å². The highest BCUT2D eigenvalue weighted by atomic mass is 35.5. The van der Waals surface area contributed by atoms with Gasteiger partial charge in [0.2, 0.25) is 5.88 Å². The molecule has 33 heavy (non-hydrogen) atoms. The summed E-state index contributed by atoms with van der Waals surface area (Å²) in [6, 6.07) is 9.59. The largest absolute Gasteiger partial charge is 0.478 e. The zero-order valence-electron chi connectivity index (χ0n) is 18.7. The second-order valence-corrected chi connectivity index (χ2v) is 8.56. The number of hydrogen-bond donors (Lipinski definition) is 1. The monoisotopic (exact) mass is 554 g/mol.